The lowest BCUT2D eigenvalue weighted by atomic mass is 10.0. The van der Waals surface area contributed by atoms with Crippen molar-refractivity contribution < 1.29 is 57.0 Å². The molecule has 0 aromatic heterocycles. The quantitative estimate of drug-likeness (QED) is 0.0406. The Kier molecular flexibility index (Phi) is 11.3. The maximum Gasteiger partial charge on any atom is 0.296 e. The van der Waals surface area contributed by atoms with Crippen LogP contribution in [-0.4, -0.2) is 57.0 Å². The van der Waals surface area contributed by atoms with Gasteiger partial charge in [-0.15, -0.1) is 10.2 Å². The van der Waals surface area contributed by atoms with Crippen molar-refractivity contribution in [2.75, 3.05) is 5.73 Å². The molecule has 0 aliphatic carbocycles. The number of rotatable bonds is 11. The van der Waals surface area contributed by atoms with Crippen molar-refractivity contribution in [3.63, 3.8) is 0 Å². The van der Waals surface area contributed by atoms with Gasteiger partial charge in [-0.1, -0.05) is 67.1 Å². The predicted molar refractivity (Wildman–Crippen MR) is 216 cm³/mol. The lowest BCUT2D eigenvalue weighted by molar-refractivity contribution is 0.472. The molecule has 18 nitrogen and oxygen atoms in total. The predicted octanol–water partition coefficient (Wildman–Crippen LogP) is 8.15. The largest absolute Gasteiger partial charge is 0.505 e. The first-order chi connectivity index (χ1) is 27.5. The summed E-state index contributed by atoms with van der Waals surface area (Å²) in [6.07, 6.45) is 0.350. The minimum Gasteiger partial charge on any atom is -0.505 e. The maximum absolute atomic E-state index is 12.6. The zero-order chi connectivity index (χ0) is 43.2. The smallest absolute Gasteiger partial charge is 0.296 e. The van der Waals surface area contributed by atoms with Gasteiger partial charge in [0.2, 0.25) is 0 Å². The van der Waals surface area contributed by atoms with Gasteiger partial charge in [-0.25, -0.2) is 0 Å². The van der Waals surface area contributed by atoms with Gasteiger partial charge in [-0.05, 0) is 77.9 Å². The molecular weight excluding hydrogens is 851 g/mol. The second kappa shape index (κ2) is 15.6. The second-order valence-corrected chi connectivity index (χ2v) is 18.4. The number of phenolic OH excluding ortho intramolecular Hbond substituents is 1. The molecule has 0 aliphatic heterocycles. The summed E-state index contributed by atoms with van der Waals surface area (Å²) < 4.78 is 140. The number of azo groups is 2. The molecule has 0 aliphatic rings. The van der Waals surface area contributed by atoms with E-state index in [1.807, 2.05) is 31.2 Å². The van der Waals surface area contributed by atoms with Crippen LogP contribution in [0.3, 0.4) is 0 Å². The molecule has 0 atom stereocenters. The molecule has 0 radical (unpaired) electrons. The van der Waals surface area contributed by atoms with Crippen LogP contribution in [0, 0.1) is 6.92 Å². The summed E-state index contributed by atoms with van der Waals surface area (Å²) in [5, 5.41) is 26.0. The van der Waals surface area contributed by atoms with Gasteiger partial charge in [0.05, 0.1) is 22.4 Å². The normalized spacial score (nSPS) is 12.8. The van der Waals surface area contributed by atoms with E-state index in [4.69, 9.17) is 5.73 Å². The Hall–Kier alpha value is -5.98. The highest BCUT2D eigenvalue weighted by Gasteiger charge is 2.29. The van der Waals surface area contributed by atoms with Gasteiger partial charge in [-0.2, -0.15) is 43.9 Å². The summed E-state index contributed by atoms with van der Waals surface area (Å²) >= 11 is 0. The Morgan fingerprint density at radius 3 is 1.49 bits per heavy atom. The van der Waals surface area contributed by atoms with E-state index in [2.05, 4.69) is 20.5 Å². The molecule has 0 unspecified atom stereocenters. The number of anilines is 1. The third-order valence-corrected chi connectivity index (χ3v) is 12.4. The topological polar surface area (TPSA) is 313 Å². The Morgan fingerprint density at radius 2 is 0.966 bits per heavy atom. The minimum absolute atomic E-state index is 0.213. The monoisotopic (exact) mass is 881 g/mol. The number of aryl methyl sites for hydroxylation is 2. The van der Waals surface area contributed by atoms with Gasteiger partial charge in [0, 0.05) is 11.1 Å². The van der Waals surface area contributed by atoms with Crippen molar-refractivity contribution in [3.8, 4) is 28.0 Å². The summed E-state index contributed by atoms with van der Waals surface area (Å²) in [5.41, 5.74) is 6.34. The van der Waals surface area contributed by atoms with Crippen LogP contribution in [0.1, 0.15) is 18.1 Å². The fourth-order valence-electron chi connectivity index (χ4n) is 6.02. The van der Waals surface area contributed by atoms with Crippen molar-refractivity contribution >= 4 is 79.7 Å². The van der Waals surface area contributed by atoms with E-state index in [1.54, 1.807) is 31.2 Å². The van der Waals surface area contributed by atoms with Crippen LogP contribution < -0.4 is 5.73 Å². The number of hydrogen-bond acceptors (Lipinski definition) is 14. The second-order valence-electron chi connectivity index (χ2n) is 12.9. The molecule has 0 saturated heterocycles. The average molecular weight is 882 g/mol. The van der Waals surface area contributed by atoms with Gasteiger partial charge in [0.15, 0.2) is 5.75 Å². The molecular formula is C37H31N5O13S4. The van der Waals surface area contributed by atoms with Gasteiger partial charge in [-0.3, -0.25) is 18.2 Å². The van der Waals surface area contributed by atoms with Crippen LogP contribution in [-0.2, 0) is 46.9 Å². The van der Waals surface area contributed by atoms with Crippen LogP contribution in [0.4, 0.5) is 28.4 Å². The number of phenols is 1. The number of hydrogen-bond donors (Lipinski definition) is 6. The maximum atomic E-state index is 12.6. The van der Waals surface area contributed by atoms with Crippen LogP contribution >= 0.6 is 0 Å². The fraction of sp³-hybridized carbons (Fsp3) is 0.0811. The lowest BCUT2D eigenvalue weighted by Crippen LogP contribution is -2.05. The van der Waals surface area contributed by atoms with Gasteiger partial charge < -0.3 is 10.8 Å². The number of benzene rings is 6. The fourth-order valence-corrected chi connectivity index (χ4v) is 8.83. The Bertz CT molecular complexity index is 3210. The molecule has 6 aromatic carbocycles. The zero-order valence-electron chi connectivity index (χ0n) is 30.4. The van der Waals surface area contributed by atoms with E-state index in [1.165, 1.54) is 12.1 Å². The molecule has 0 saturated carbocycles. The third-order valence-electron chi connectivity index (χ3n) is 8.92. The first-order valence-corrected chi connectivity index (χ1v) is 22.5. The van der Waals surface area contributed by atoms with E-state index in [-0.39, 0.29) is 16.8 Å². The molecule has 6 aromatic rings. The molecule has 0 fully saturated rings. The van der Waals surface area contributed by atoms with E-state index < -0.39 is 99.3 Å². The summed E-state index contributed by atoms with van der Waals surface area (Å²) in [6.45, 7) is 3.65. The first-order valence-electron chi connectivity index (χ1n) is 16.8. The standard InChI is InChI=1S/C37H31N5O13S4/c1-3-21-6-14-27(29(16-21)56(44,45)46)28-15-13-26(19-30(28)57(47,48)49)40-42-36-32(59(53,54)55)18-24-17-31(58(50,51)52)35(34(38)33(24)37(36)43)41-39-25-11-9-23(10-12-25)22-7-4-20(2)5-8-22/h4-19,43H,3,38H2,1-2H3,(H,44,45,46)(H,47,48,49)(H,50,51,52)(H,53,54,55). The highest BCUT2D eigenvalue weighted by Crippen LogP contribution is 2.48. The number of nitrogens with two attached hydrogens (primary N) is 1. The van der Waals surface area contributed by atoms with Crippen LogP contribution in [0.5, 0.6) is 5.75 Å². The van der Waals surface area contributed by atoms with Gasteiger partial charge >= 0.3 is 0 Å². The van der Waals surface area contributed by atoms with E-state index >= 15 is 0 Å². The molecule has 6 rings (SSSR count). The Labute approximate surface area is 337 Å². The van der Waals surface area contributed by atoms with Gasteiger partial charge in [0.25, 0.3) is 40.5 Å². The summed E-state index contributed by atoms with van der Waals surface area (Å²) in [5.74, 6) is -1.10. The van der Waals surface area contributed by atoms with E-state index in [9.17, 15) is 57.0 Å². The zero-order valence-corrected chi connectivity index (χ0v) is 33.7. The molecule has 59 heavy (non-hydrogen) atoms. The Morgan fingerprint density at radius 1 is 0.525 bits per heavy atom. The van der Waals surface area contributed by atoms with Crippen molar-refractivity contribution in [2.24, 2.45) is 20.5 Å². The van der Waals surface area contributed by atoms with Crippen molar-refractivity contribution in [1.29, 1.82) is 0 Å². The van der Waals surface area contributed by atoms with E-state index in [0.717, 1.165) is 47.0 Å². The van der Waals surface area contributed by atoms with E-state index in [0.29, 0.717) is 18.1 Å². The van der Waals surface area contributed by atoms with Crippen LogP contribution in [0.15, 0.2) is 137 Å². The highest BCUT2D eigenvalue weighted by molar-refractivity contribution is 7.87. The molecule has 306 valence electrons. The molecule has 0 bridgehead atoms. The SMILES string of the molecule is CCc1ccc(-c2ccc(N=Nc3c(S(=O)(=O)O)cc4cc(S(=O)(=O)O)c(N=Nc5ccc(-c6ccc(C)cc6)cc5)c(N)c4c3O)cc2S(=O)(=O)O)c(S(=O)(=O)O)c1. The molecule has 0 spiro atoms. The number of fused-ring (bicyclic) bond motifs is 1. The van der Waals surface area contributed by atoms with Crippen molar-refractivity contribution in [1.82, 2.24) is 0 Å². The average Bonchev–Trinajstić information content (AvgIpc) is 3.15. The molecule has 0 heterocycles. The Balaban J connectivity index is 1.49. The molecule has 22 heteroatoms. The van der Waals surface area contributed by atoms with Crippen LogP contribution in [0.2, 0.25) is 0 Å². The number of nitrogens with zero attached hydrogens (tertiary/aromatic N) is 4. The molecule has 0 amide bonds. The number of aromatic hydroxyl groups is 1. The lowest BCUT2D eigenvalue weighted by Gasteiger charge is -2.14. The van der Waals surface area contributed by atoms with Crippen LogP contribution in [0.25, 0.3) is 33.0 Å². The third kappa shape index (κ3) is 9.04. The van der Waals surface area contributed by atoms with Crippen molar-refractivity contribution in [3.05, 3.63) is 108 Å². The minimum atomic E-state index is -5.32. The highest BCUT2D eigenvalue weighted by atomic mass is 32.2. The summed E-state index contributed by atoms with van der Waals surface area (Å²) in [4.78, 5) is -3.67. The number of nitrogen functional groups attached to an aromatic ring is 1. The summed E-state index contributed by atoms with van der Waals surface area (Å²) in [6, 6.07) is 22.2. The molecule has 7 N–H and O–H groups in total. The summed E-state index contributed by atoms with van der Waals surface area (Å²) in [7, 11) is -20.6. The van der Waals surface area contributed by atoms with Crippen molar-refractivity contribution in [2.45, 2.75) is 39.9 Å². The van der Waals surface area contributed by atoms with Gasteiger partial charge in [0.1, 0.15) is 31.0 Å². The first kappa shape index (κ1) is 42.6.